The maximum Gasteiger partial charge on any atom is 0.134 e. The smallest absolute Gasteiger partial charge is 0.134 e. The first-order chi connectivity index (χ1) is 10.8. The lowest BCUT2D eigenvalue weighted by atomic mass is 9.99. The summed E-state index contributed by atoms with van der Waals surface area (Å²) in [6.45, 7) is 6.13. The van der Waals surface area contributed by atoms with Crippen LogP contribution in [0.1, 0.15) is 20.8 Å². The van der Waals surface area contributed by atoms with E-state index < -0.39 is 0 Å². The molecule has 0 amide bonds. The first kappa shape index (κ1) is 15.8. The van der Waals surface area contributed by atoms with Crippen molar-refractivity contribution in [1.82, 2.24) is 4.98 Å². The Bertz CT molecular complexity index is 869. The van der Waals surface area contributed by atoms with Crippen molar-refractivity contribution in [3.63, 3.8) is 0 Å². The van der Waals surface area contributed by atoms with E-state index in [4.69, 9.17) is 11.6 Å². The SMILES string of the molecule is CC(C)(C)Nc1ncc(-c2ccccc2Cl)c2ccc(F)cc12. The van der Waals surface area contributed by atoms with E-state index in [-0.39, 0.29) is 11.4 Å². The fraction of sp³-hybridized carbons (Fsp3) is 0.211. The molecule has 0 aliphatic carbocycles. The number of hydrogen-bond acceptors (Lipinski definition) is 2. The highest BCUT2D eigenvalue weighted by atomic mass is 35.5. The van der Waals surface area contributed by atoms with Crippen LogP contribution in [0.5, 0.6) is 0 Å². The molecule has 4 heteroatoms. The molecule has 0 fully saturated rings. The monoisotopic (exact) mass is 328 g/mol. The fourth-order valence-corrected chi connectivity index (χ4v) is 2.80. The van der Waals surface area contributed by atoms with Gasteiger partial charge in [0.1, 0.15) is 11.6 Å². The van der Waals surface area contributed by atoms with Gasteiger partial charge in [0.05, 0.1) is 0 Å². The molecule has 2 nitrogen and oxygen atoms in total. The Morgan fingerprint density at radius 1 is 1.00 bits per heavy atom. The number of benzene rings is 2. The van der Waals surface area contributed by atoms with Crippen LogP contribution in [0.4, 0.5) is 10.2 Å². The lowest BCUT2D eigenvalue weighted by Gasteiger charge is -2.23. The molecule has 1 N–H and O–H groups in total. The molecule has 3 aromatic rings. The third-order valence-corrected chi connectivity index (χ3v) is 3.84. The third kappa shape index (κ3) is 3.30. The van der Waals surface area contributed by atoms with Crippen LogP contribution >= 0.6 is 11.6 Å². The average Bonchev–Trinajstić information content (AvgIpc) is 2.47. The predicted octanol–water partition coefficient (Wildman–Crippen LogP) is 5.90. The largest absolute Gasteiger partial charge is 0.365 e. The van der Waals surface area contributed by atoms with Gasteiger partial charge in [-0.3, -0.25) is 0 Å². The second-order valence-electron chi connectivity index (χ2n) is 6.57. The summed E-state index contributed by atoms with van der Waals surface area (Å²) in [6, 6.07) is 12.3. The number of aromatic nitrogens is 1. The molecule has 0 bridgehead atoms. The van der Waals surface area contributed by atoms with Gasteiger partial charge >= 0.3 is 0 Å². The molecule has 23 heavy (non-hydrogen) atoms. The Labute approximate surface area is 140 Å². The lowest BCUT2D eigenvalue weighted by Crippen LogP contribution is -2.26. The van der Waals surface area contributed by atoms with E-state index in [0.29, 0.717) is 10.8 Å². The normalized spacial score (nSPS) is 11.7. The van der Waals surface area contributed by atoms with Crippen LogP contribution in [0.15, 0.2) is 48.7 Å². The number of fused-ring (bicyclic) bond motifs is 1. The lowest BCUT2D eigenvalue weighted by molar-refractivity contribution is 0.626. The second-order valence-corrected chi connectivity index (χ2v) is 6.97. The minimum atomic E-state index is -0.285. The number of nitrogens with one attached hydrogen (secondary N) is 1. The first-order valence-electron chi connectivity index (χ1n) is 7.46. The predicted molar refractivity (Wildman–Crippen MR) is 95.5 cm³/mol. The fourth-order valence-electron chi connectivity index (χ4n) is 2.56. The summed E-state index contributed by atoms with van der Waals surface area (Å²) in [6.07, 6.45) is 1.79. The quantitative estimate of drug-likeness (QED) is 0.633. The average molecular weight is 329 g/mol. The summed E-state index contributed by atoms with van der Waals surface area (Å²) in [5, 5.41) is 5.65. The van der Waals surface area contributed by atoms with E-state index in [0.717, 1.165) is 21.9 Å². The molecular formula is C19H18ClFN2. The number of hydrogen-bond donors (Lipinski definition) is 1. The van der Waals surface area contributed by atoms with Gasteiger partial charge in [-0.05, 0) is 44.4 Å². The van der Waals surface area contributed by atoms with E-state index in [9.17, 15) is 4.39 Å². The van der Waals surface area contributed by atoms with E-state index in [1.54, 1.807) is 12.3 Å². The van der Waals surface area contributed by atoms with Gasteiger partial charge in [0, 0.05) is 33.3 Å². The van der Waals surface area contributed by atoms with Gasteiger partial charge < -0.3 is 5.32 Å². The molecule has 0 aliphatic rings. The Balaban J connectivity index is 2.27. The zero-order valence-corrected chi connectivity index (χ0v) is 14.1. The van der Waals surface area contributed by atoms with Gasteiger partial charge in [-0.25, -0.2) is 9.37 Å². The van der Waals surface area contributed by atoms with Gasteiger partial charge in [-0.15, -0.1) is 0 Å². The number of halogens is 2. The van der Waals surface area contributed by atoms with Gasteiger partial charge in [0.2, 0.25) is 0 Å². The molecule has 2 aromatic carbocycles. The minimum Gasteiger partial charge on any atom is -0.365 e. The van der Waals surface area contributed by atoms with Gasteiger partial charge in [0.25, 0.3) is 0 Å². The molecule has 0 saturated carbocycles. The molecule has 1 heterocycles. The number of nitrogens with zero attached hydrogens (tertiary/aromatic N) is 1. The summed E-state index contributed by atoms with van der Waals surface area (Å²) in [5.74, 6) is 0.385. The van der Waals surface area contributed by atoms with E-state index in [1.165, 1.54) is 12.1 Å². The van der Waals surface area contributed by atoms with Crippen LogP contribution in [0, 0.1) is 5.82 Å². The molecule has 0 radical (unpaired) electrons. The number of rotatable bonds is 2. The standard InChI is InChI=1S/C19H18ClFN2/c1-19(2,3)23-18-15-10-12(21)8-9-13(15)16(11-22-18)14-6-4-5-7-17(14)20/h4-11H,1-3H3,(H,22,23). The summed E-state index contributed by atoms with van der Waals surface area (Å²) in [7, 11) is 0. The Morgan fingerprint density at radius 2 is 1.74 bits per heavy atom. The summed E-state index contributed by atoms with van der Waals surface area (Å²) >= 11 is 6.32. The van der Waals surface area contributed by atoms with Crippen LogP contribution in [0.3, 0.4) is 0 Å². The minimum absolute atomic E-state index is 0.168. The van der Waals surface area contributed by atoms with Crippen molar-refractivity contribution in [3.05, 3.63) is 59.5 Å². The summed E-state index contributed by atoms with van der Waals surface area (Å²) in [4.78, 5) is 4.51. The first-order valence-corrected chi connectivity index (χ1v) is 7.84. The number of pyridine rings is 1. The second kappa shape index (κ2) is 5.82. The highest BCUT2D eigenvalue weighted by molar-refractivity contribution is 6.33. The van der Waals surface area contributed by atoms with Gasteiger partial charge in [-0.2, -0.15) is 0 Å². The van der Waals surface area contributed by atoms with E-state index >= 15 is 0 Å². The molecule has 1 aromatic heterocycles. The zero-order chi connectivity index (χ0) is 16.6. The van der Waals surface area contributed by atoms with E-state index in [1.807, 2.05) is 45.0 Å². The number of anilines is 1. The Kier molecular flexibility index (Phi) is 3.99. The van der Waals surface area contributed by atoms with Crippen molar-refractivity contribution in [3.8, 4) is 11.1 Å². The van der Waals surface area contributed by atoms with Crippen molar-refractivity contribution in [1.29, 1.82) is 0 Å². The van der Waals surface area contributed by atoms with E-state index in [2.05, 4.69) is 10.3 Å². The molecule has 0 aliphatic heterocycles. The van der Waals surface area contributed by atoms with Crippen molar-refractivity contribution in [2.24, 2.45) is 0 Å². The Hall–Kier alpha value is -2.13. The van der Waals surface area contributed by atoms with Crippen LogP contribution in [0.2, 0.25) is 5.02 Å². The maximum atomic E-state index is 13.8. The molecule has 0 saturated heterocycles. The topological polar surface area (TPSA) is 24.9 Å². The van der Waals surface area contributed by atoms with Crippen LogP contribution in [0.25, 0.3) is 21.9 Å². The van der Waals surface area contributed by atoms with Gasteiger partial charge in [0.15, 0.2) is 0 Å². The zero-order valence-electron chi connectivity index (χ0n) is 13.3. The third-order valence-electron chi connectivity index (χ3n) is 3.51. The molecule has 0 unspecified atom stereocenters. The van der Waals surface area contributed by atoms with Crippen LogP contribution in [-0.4, -0.2) is 10.5 Å². The maximum absolute atomic E-state index is 13.8. The van der Waals surface area contributed by atoms with Crippen molar-refractivity contribution in [2.75, 3.05) is 5.32 Å². The van der Waals surface area contributed by atoms with Crippen LogP contribution in [-0.2, 0) is 0 Å². The summed E-state index contributed by atoms with van der Waals surface area (Å²) < 4.78 is 13.8. The molecular weight excluding hydrogens is 311 g/mol. The molecule has 0 atom stereocenters. The molecule has 3 rings (SSSR count). The van der Waals surface area contributed by atoms with Crippen molar-refractivity contribution < 1.29 is 4.39 Å². The van der Waals surface area contributed by atoms with Crippen LogP contribution < -0.4 is 5.32 Å². The Morgan fingerprint density at radius 3 is 2.43 bits per heavy atom. The highest BCUT2D eigenvalue weighted by Gasteiger charge is 2.16. The van der Waals surface area contributed by atoms with Crippen molar-refractivity contribution >= 4 is 28.2 Å². The molecule has 118 valence electrons. The van der Waals surface area contributed by atoms with Crippen molar-refractivity contribution in [2.45, 2.75) is 26.3 Å². The van der Waals surface area contributed by atoms with Gasteiger partial charge in [-0.1, -0.05) is 35.9 Å². The summed E-state index contributed by atoms with van der Waals surface area (Å²) in [5.41, 5.74) is 1.61. The molecule has 0 spiro atoms. The highest BCUT2D eigenvalue weighted by Crippen LogP contribution is 2.36.